The lowest BCUT2D eigenvalue weighted by Gasteiger charge is -2.11. The number of anilines is 1. The molecule has 1 aliphatic heterocycles. The Morgan fingerprint density at radius 1 is 1.53 bits per heavy atom. The highest BCUT2D eigenvalue weighted by Crippen LogP contribution is 2.25. The van der Waals surface area contributed by atoms with E-state index in [1.54, 1.807) is 10.8 Å². The summed E-state index contributed by atoms with van der Waals surface area (Å²) in [6.45, 7) is 2.29. The molecule has 2 N–H and O–H groups in total. The lowest BCUT2D eigenvalue weighted by atomic mass is 10.2. The summed E-state index contributed by atoms with van der Waals surface area (Å²) >= 11 is 0. The van der Waals surface area contributed by atoms with Gasteiger partial charge in [-0.15, -0.1) is 0 Å². The molecule has 0 bridgehead atoms. The van der Waals surface area contributed by atoms with Crippen molar-refractivity contribution in [2.24, 2.45) is 0 Å². The summed E-state index contributed by atoms with van der Waals surface area (Å²) in [5.41, 5.74) is 8.31. The van der Waals surface area contributed by atoms with Crippen LogP contribution < -0.4 is 5.73 Å². The van der Waals surface area contributed by atoms with Gasteiger partial charge in [-0.25, -0.2) is 18.4 Å². The minimum atomic E-state index is -2.99. The number of fused-ring (bicyclic) bond motifs is 1. The number of nitrogen functional groups attached to an aromatic ring is 1. The number of rotatable bonds is 2. The van der Waals surface area contributed by atoms with Gasteiger partial charge in [-0.2, -0.15) is 0 Å². The maximum atomic E-state index is 11.9. The standard InChI is InChI=1S/C12H16N4O2S/c1-8-4-5-14-11-10(8)15-12(13)16(11)7-9-3-2-6-19(9,17)18/h4-5,9H,2-3,6-7H2,1H3,(H2,13,15). The largest absolute Gasteiger partial charge is 0.369 e. The number of nitrogens with two attached hydrogens (primary N) is 1. The highest BCUT2D eigenvalue weighted by atomic mass is 32.2. The van der Waals surface area contributed by atoms with Crippen LogP contribution in [0.1, 0.15) is 18.4 Å². The molecule has 6 nitrogen and oxygen atoms in total. The van der Waals surface area contributed by atoms with Crippen LogP contribution in [0.5, 0.6) is 0 Å². The van der Waals surface area contributed by atoms with Crippen molar-refractivity contribution in [1.82, 2.24) is 14.5 Å². The van der Waals surface area contributed by atoms with Gasteiger partial charge in [-0.3, -0.25) is 4.57 Å². The maximum Gasteiger partial charge on any atom is 0.202 e. The molecular weight excluding hydrogens is 264 g/mol. The van der Waals surface area contributed by atoms with E-state index in [0.717, 1.165) is 17.5 Å². The highest BCUT2D eigenvalue weighted by molar-refractivity contribution is 7.92. The van der Waals surface area contributed by atoms with Crippen LogP contribution in [-0.2, 0) is 16.4 Å². The Morgan fingerprint density at radius 2 is 2.32 bits per heavy atom. The molecule has 0 amide bonds. The number of sulfone groups is 1. The summed E-state index contributed by atoms with van der Waals surface area (Å²) in [7, 11) is -2.99. The molecular formula is C12H16N4O2S. The fourth-order valence-electron chi connectivity index (χ4n) is 2.60. The molecule has 0 aliphatic carbocycles. The van der Waals surface area contributed by atoms with E-state index in [-0.39, 0.29) is 11.0 Å². The summed E-state index contributed by atoms with van der Waals surface area (Å²) in [6, 6.07) is 1.87. The monoisotopic (exact) mass is 280 g/mol. The van der Waals surface area contributed by atoms with Crippen molar-refractivity contribution in [3.8, 4) is 0 Å². The van der Waals surface area contributed by atoms with Gasteiger partial charge in [-0.1, -0.05) is 0 Å². The third kappa shape index (κ3) is 1.98. The molecule has 3 rings (SSSR count). The molecule has 2 aromatic heterocycles. The Kier molecular flexibility index (Phi) is 2.74. The zero-order chi connectivity index (χ0) is 13.6. The number of hydrogen-bond acceptors (Lipinski definition) is 5. The first-order valence-electron chi connectivity index (χ1n) is 6.28. The van der Waals surface area contributed by atoms with Crippen molar-refractivity contribution in [1.29, 1.82) is 0 Å². The van der Waals surface area contributed by atoms with Crippen molar-refractivity contribution in [3.63, 3.8) is 0 Å². The maximum absolute atomic E-state index is 11.9. The Balaban J connectivity index is 2.06. The van der Waals surface area contributed by atoms with E-state index in [2.05, 4.69) is 9.97 Å². The van der Waals surface area contributed by atoms with Gasteiger partial charge >= 0.3 is 0 Å². The van der Waals surface area contributed by atoms with E-state index in [0.29, 0.717) is 24.6 Å². The third-order valence-corrected chi connectivity index (χ3v) is 5.97. The van der Waals surface area contributed by atoms with Gasteiger partial charge in [0.25, 0.3) is 0 Å². The molecule has 3 heterocycles. The van der Waals surface area contributed by atoms with Gasteiger partial charge in [0.2, 0.25) is 5.95 Å². The van der Waals surface area contributed by atoms with E-state index in [4.69, 9.17) is 5.73 Å². The van der Waals surface area contributed by atoms with Crippen molar-refractivity contribution in [2.45, 2.75) is 31.6 Å². The Labute approximate surface area is 111 Å². The van der Waals surface area contributed by atoms with Crippen LogP contribution in [0.4, 0.5) is 5.95 Å². The van der Waals surface area contributed by atoms with Crippen LogP contribution >= 0.6 is 0 Å². The average Bonchev–Trinajstić information content (AvgIpc) is 2.83. The molecule has 1 atom stereocenters. The Bertz CT molecular complexity index is 736. The average molecular weight is 280 g/mol. The molecule has 0 aromatic carbocycles. The second-order valence-electron chi connectivity index (χ2n) is 5.01. The van der Waals surface area contributed by atoms with Crippen molar-refractivity contribution in [2.75, 3.05) is 11.5 Å². The second-order valence-corrected chi connectivity index (χ2v) is 7.41. The van der Waals surface area contributed by atoms with Gasteiger partial charge < -0.3 is 5.73 Å². The van der Waals surface area contributed by atoms with E-state index >= 15 is 0 Å². The third-order valence-electron chi connectivity index (χ3n) is 3.71. The van der Waals surface area contributed by atoms with Crippen molar-refractivity contribution < 1.29 is 8.42 Å². The number of pyridine rings is 1. The zero-order valence-corrected chi connectivity index (χ0v) is 11.5. The van der Waals surface area contributed by atoms with Gasteiger partial charge in [0.15, 0.2) is 15.5 Å². The number of aryl methyl sites for hydroxylation is 1. The van der Waals surface area contributed by atoms with E-state index in [9.17, 15) is 8.42 Å². The minimum Gasteiger partial charge on any atom is -0.369 e. The van der Waals surface area contributed by atoms with Gasteiger partial charge in [-0.05, 0) is 31.4 Å². The van der Waals surface area contributed by atoms with E-state index < -0.39 is 9.84 Å². The molecule has 1 aliphatic rings. The van der Waals surface area contributed by atoms with Crippen LogP contribution in [0.25, 0.3) is 11.2 Å². The first kappa shape index (κ1) is 12.4. The van der Waals surface area contributed by atoms with Crippen LogP contribution in [0.2, 0.25) is 0 Å². The first-order valence-corrected chi connectivity index (χ1v) is 7.99. The smallest absolute Gasteiger partial charge is 0.202 e. The summed E-state index contributed by atoms with van der Waals surface area (Å²) in [4.78, 5) is 8.56. The Morgan fingerprint density at radius 3 is 3.00 bits per heavy atom. The van der Waals surface area contributed by atoms with Crippen LogP contribution in [0.3, 0.4) is 0 Å². The Hall–Kier alpha value is -1.63. The van der Waals surface area contributed by atoms with Gasteiger partial charge in [0.1, 0.15) is 5.52 Å². The zero-order valence-electron chi connectivity index (χ0n) is 10.7. The number of aromatic nitrogens is 3. The van der Waals surface area contributed by atoms with E-state index in [1.165, 1.54) is 0 Å². The highest BCUT2D eigenvalue weighted by Gasteiger charge is 2.32. The first-order chi connectivity index (χ1) is 8.99. The number of imidazole rings is 1. The van der Waals surface area contributed by atoms with Crippen molar-refractivity contribution >= 4 is 26.9 Å². The summed E-state index contributed by atoms with van der Waals surface area (Å²) < 4.78 is 25.5. The van der Waals surface area contributed by atoms with E-state index in [1.807, 2.05) is 13.0 Å². The molecule has 0 radical (unpaired) electrons. The molecule has 1 unspecified atom stereocenters. The van der Waals surface area contributed by atoms with Gasteiger partial charge in [0, 0.05) is 12.7 Å². The second kappa shape index (κ2) is 4.19. The fourth-order valence-corrected chi connectivity index (χ4v) is 4.41. The molecule has 1 fully saturated rings. The topological polar surface area (TPSA) is 90.9 Å². The lowest BCUT2D eigenvalue weighted by Crippen LogP contribution is -2.23. The van der Waals surface area contributed by atoms with Gasteiger partial charge in [0.05, 0.1) is 11.0 Å². The molecule has 0 saturated carbocycles. The van der Waals surface area contributed by atoms with Crippen LogP contribution in [0, 0.1) is 6.92 Å². The summed E-state index contributed by atoms with van der Waals surface area (Å²) in [5, 5.41) is -0.366. The normalized spacial score (nSPS) is 22.1. The lowest BCUT2D eigenvalue weighted by molar-refractivity contribution is 0.570. The predicted octanol–water partition coefficient (Wildman–Crippen LogP) is 0.899. The van der Waals surface area contributed by atoms with Crippen molar-refractivity contribution in [3.05, 3.63) is 17.8 Å². The molecule has 2 aromatic rings. The SMILES string of the molecule is Cc1ccnc2c1nc(N)n2CC1CCCS1(=O)=O. The summed E-state index contributed by atoms with van der Waals surface area (Å²) in [6.07, 6.45) is 3.11. The quantitative estimate of drug-likeness (QED) is 0.882. The number of nitrogens with zero attached hydrogens (tertiary/aromatic N) is 3. The predicted molar refractivity (Wildman–Crippen MR) is 73.5 cm³/mol. The summed E-state index contributed by atoms with van der Waals surface area (Å²) in [5.74, 6) is 0.607. The minimum absolute atomic E-state index is 0.274. The molecule has 19 heavy (non-hydrogen) atoms. The van der Waals surface area contributed by atoms with Crippen LogP contribution in [0.15, 0.2) is 12.3 Å². The number of hydrogen-bond donors (Lipinski definition) is 1. The van der Waals surface area contributed by atoms with Crippen LogP contribution in [-0.4, -0.2) is 34.0 Å². The molecule has 102 valence electrons. The molecule has 7 heteroatoms. The fraction of sp³-hybridized carbons (Fsp3) is 0.500. The molecule has 0 spiro atoms. The molecule has 1 saturated heterocycles.